The summed E-state index contributed by atoms with van der Waals surface area (Å²) in [5.41, 5.74) is 1.24. The second-order valence-electron chi connectivity index (χ2n) is 6.48. The molecule has 3 rings (SSSR count). The minimum absolute atomic E-state index is 0.123. The van der Waals surface area contributed by atoms with Crippen molar-refractivity contribution in [3.05, 3.63) is 36.0 Å². The highest BCUT2D eigenvalue weighted by Gasteiger charge is 2.30. The van der Waals surface area contributed by atoms with E-state index in [1.54, 1.807) is 0 Å². The summed E-state index contributed by atoms with van der Waals surface area (Å²) in [5, 5.41) is 20.6. The van der Waals surface area contributed by atoms with Gasteiger partial charge in [-0.1, -0.05) is 18.2 Å². The quantitative estimate of drug-likeness (QED) is 0.805. The molecule has 1 aliphatic heterocycles. The van der Waals surface area contributed by atoms with E-state index in [2.05, 4.69) is 11.1 Å². The number of aromatic amines is 1. The average molecular weight is 316 g/mol. The summed E-state index contributed by atoms with van der Waals surface area (Å²) in [5.74, 6) is 0.123. The van der Waals surface area contributed by atoms with Crippen LogP contribution >= 0.6 is 0 Å². The fourth-order valence-electron chi connectivity index (χ4n) is 3.32. The molecule has 5 nitrogen and oxygen atoms in total. The number of aliphatic hydroxyl groups is 2. The summed E-state index contributed by atoms with van der Waals surface area (Å²) in [6.45, 7) is 0.948. The monoisotopic (exact) mass is 316 g/mol. The van der Waals surface area contributed by atoms with Crippen molar-refractivity contribution in [2.75, 3.05) is 19.7 Å². The van der Waals surface area contributed by atoms with Crippen molar-refractivity contribution >= 4 is 16.8 Å². The molecule has 2 aromatic rings. The van der Waals surface area contributed by atoms with E-state index < -0.39 is 5.60 Å². The summed E-state index contributed by atoms with van der Waals surface area (Å²) in [6, 6.07) is 8.10. The maximum Gasteiger partial charge on any atom is 0.222 e. The molecule has 0 radical (unpaired) electrons. The van der Waals surface area contributed by atoms with Crippen molar-refractivity contribution in [3.8, 4) is 0 Å². The zero-order valence-corrected chi connectivity index (χ0v) is 13.3. The summed E-state index contributed by atoms with van der Waals surface area (Å²) in [4.78, 5) is 17.5. The van der Waals surface area contributed by atoms with Crippen molar-refractivity contribution in [1.82, 2.24) is 9.88 Å². The largest absolute Gasteiger partial charge is 0.393 e. The minimum atomic E-state index is -1.02. The number of aromatic nitrogens is 1. The summed E-state index contributed by atoms with van der Waals surface area (Å²) < 4.78 is 0. The van der Waals surface area contributed by atoms with Gasteiger partial charge in [-0.15, -0.1) is 0 Å². The van der Waals surface area contributed by atoms with Gasteiger partial charge in [0.1, 0.15) is 0 Å². The van der Waals surface area contributed by atoms with Crippen LogP contribution in [-0.4, -0.2) is 51.3 Å². The lowest BCUT2D eigenvalue weighted by Gasteiger charge is -2.24. The lowest BCUT2D eigenvalue weighted by molar-refractivity contribution is -0.131. The van der Waals surface area contributed by atoms with E-state index in [-0.39, 0.29) is 12.5 Å². The SMILES string of the molecule is O=C(CCc1c[nH]c2ccccc12)N1CCC[C@@](O)(CO)CC1. The standard InChI is InChI=1S/C18H24N2O3/c21-13-18(23)8-3-10-20(11-9-18)17(22)7-6-14-12-19-16-5-2-1-4-15(14)16/h1-2,4-5,12,19,21,23H,3,6-11,13H2/t18-/m0/s1. The third-order valence-electron chi connectivity index (χ3n) is 4.85. The van der Waals surface area contributed by atoms with Crippen LogP contribution in [0, 0.1) is 0 Å². The molecule has 1 aromatic heterocycles. The first kappa shape index (κ1) is 16.0. The van der Waals surface area contributed by atoms with E-state index in [1.165, 1.54) is 5.39 Å². The van der Waals surface area contributed by atoms with Gasteiger partial charge >= 0.3 is 0 Å². The van der Waals surface area contributed by atoms with Gasteiger partial charge in [0.05, 0.1) is 12.2 Å². The Balaban J connectivity index is 1.59. The summed E-state index contributed by atoms with van der Waals surface area (Å²) in [7, 11) is 0. The number of para-hydroxylation sites is 1. The number of H-pyrrole nitrogens is 1. The Morgan fingerprint density at radius 2 is 2.09 bits per heavy atom. The third-order valence-corrected chi connectivity index (χ3v) is 4.85. The number of likely N-dealkylation sites (tertiary alicyclic amines) is 1. The van der Waals surface area contributed by atoms with Gasteiger partial charge in [0.2, 0.25) is 5.91 Å². The number of benzene rings is 1. The van der Waals surface area contributed by atoms with Crippen molar-refractivity contribution in [2.45, 2.75) is 37.7 Å². The Hall–Kier alpha value is -1.85. The number of nitrogens with one attached hydrogen (secondary N) is 1. The van der Waals surface area contributed by atoms with E-state index in [4.69, 9.17) is 0 Å². The van der Waals surface area contributed by atoms with Crippen LogP contribution < -0.4 is 0 Å². The predicted octanol–water partition coefficient (Wildman–Crippen LogP) is 1.84. The zero-order valence-electron chi connectivity index (χ0n) is 13.3. The number of carbonyl (C=O) groups excluding carboxylic acids is 1. The number of aryl methyl sites for hydroxylation is 1. The lowest BCUT2D eigenvalue weighted by atomic mass is 9.96. The Labute approximate surface area is 135 Å². The summed E-state index contributed by atoms with van der Waals surface area (Å²) >= 11 is 0. The van der Waals surface area contributed by atoms with Crippen molar-refractivity contribution in [1.29, 1.82) is 0 Å². The van der Waals surface area contributed by atoms with Gasteiger partial charge in [0.15, 0.2) is 0 Å². The Bertz CT molecular complexity index is 682. The molecule has 2 heterocycles. The second-order valence-corrected chi connectivity index (χ2v) is 6.48. The second kappa shape index (κ2) is 6.72. The van der Waals surface area contributed by atoms with Crippen LogP contribution in [0.2, 0.25) is 0 Å². The Kier molecular flexibility index (Phi) is 4.68. The molecule has 0 bridgehead atoms. The third kappa shape index (κ3) is 3.57. The fraction of sp³-hybridized carbons (Fsp3) is 0.500. The molecular weight excluding hydrogens is 292 g/mol. The zero-order chi connectivity index (χ0) is 16.3. The van der Waals surface area contributed by atoms with Crippen LogP contribution in [0.15, 0.2) is 30.5 Å². The number of amides is 1. The number of aliphatic hydroxyl groups excluding tert-OH is 1. The number of hydrogen-bond acceptors (Lipinski definition) is 3. The first-order chi connectivity index (χ1) is 11.1. The highest BCUT2D eigenvalue weighted by atomic mass is 16.3. The van der Waals surface area contributed by atoms with Gasteiger partial charge in [-0.3, -0.25) is 4.79 Å². The number of rotatable bonds is 4. The number of hydrogen-bond donors (Lipinski definition) is 3. The molecule has 0 saturated carbocycles. The van der Waals surface area contributed by atoms with E-state index in [0.717, 1.165) is 17.5 Å². The molecular formula is C18H24N2O3. The first-order valence-electron chi connectivity index (χ1n) is 8.27. The molecule has 0 unspecified atom stereocenters. The van der Waals surface area contributed by atoms with Crippen molar-refractivity contribution < 1.29 is 15.0 Å². The van der Waals surface area contributed by atoms with Gasteiger partial charge in [-0.2, -0.15) is 0 Å². The average Bonchev–Trinajstić information content (AvgIpc) is 2.88. The van der Waals surface area contributed by atoms with E-state index in [9.17, 15) is 15.0 Å². The maximum atomic E-state index is 12.5. The van der Waals surface area contributed by atoms with Crippen LogP contribution in [0.3, 0.4) is 0 Å². The molecule has 0 spiro atoms. The Morgan fingerprint density at radius 3 is 2.91 bits per heavy atom. The molecule has 1 aromatic carbocycles. The molecule has 124 valence electrons. The number of carbonyl (C=O) groups is 1. The van der Waals surface area contributed by atoms with Crippen LogP contribution in [0.5, 0.6) is 0 Å². The topological polar surface area (TPSA) is 76.6 Å². The fourth-order valence-corrected chi connectivity index (χ4v) is 3.32. The van der Waals surface area contributed by atoms with E-state index >= 15 is 0 Å². The number of nitrogens with zero attached hydrogens (tertiary/aromatic N) is 1. The molecule has 1 amide bonds. The molecule has 1 saturated heterocycles. The van der Waals surface area contributed by atoms with Gasteiger partial charge < -0.3 is 20.1 Å². The highest BCUT2D eigenvalue weighted by molar-refractivity contribution is 5.84. The van der Waals surface area contributed by atoms with Gasteiger partial charge in [0, 0.05) is 36.6 Å². The van der Waals surface area contributed by atoms with Crippen molar-refractivity contribution in [3.63, 3.8) is 0 Å². The van der Waals surface area contributed by atoms with Crippen molar-refractivity contribution in [2.24, 2.45) is 0 Å². The minimum Gasteiger partial charge on any atom is -0.393 e. The predicted molar refractivity (Wildman–Crippen MR) is 89.1 cm³/mol. The van der Waals surface area contributed by atoms with Crippen LogP contribution in [0.1, 0.15) is 31.2 Å². The van der Waals surface area contributed by atoms with E-state index in [0.29, 0.717) is 38.8 Å². The molecule has 1 atom stereocenters. The van der Waals surface area contributed by atoms with Crippen LogP contribution in [0.4, 0.5) is 0 Å². The van der Waals surface area contributed by atoms with Gasteiger partial charge in [0.25, 0.3) is 0 Å². The number of fused-ring (bicyclic) bond motifs is 1. The highest BCUT2D eigenvalue weighted by Crippen LogP contribution is 2.23. The first-order valence-corrected chi connectivity index (χ1v) is 8.27. The Morgan fingerprint density at radius 1 is 1.26 bits per heavy atom. The van der Waals surface area contributed by atoms with Gasteiger partial charge in [-0.25, -0.2) is 0 Å². The lowest BCUT2D eigenvalue weighted by Crippen LogP contribution is -2.36. The van der Waals surface area contributed by atoms with Crippen LogP contribution in [-0.2, 0) is 11.2 Å². The normalized spacial score (nSPS) is 22.3. The molecule has 1 fully saturated rings. The van der Waals surface area contributed by atoms with E-state index in [1.807, 2.05) is 29.3 Å². The molecule has 0 aliphatic carbocycles. The maximum absolute atomic E-state index is 12.5. The smallest absolute Gasteiger partial charge is 0.222 e. The molecule has 5 heteroatoms. The molecule has 1 aliphatic rings. The van der Waals surface area contributed by atoms with Crippen LogP contribution in [0.25, 0.3) is 10.9 Å². The van der Waals surface area contributed by atoms with Gasteiger partial charge in [-0.05, 0) is 37.3 Å². The molecule has 23 heavy (non-hydrogen) atoms. The molecule has 3 N–H and O–H groups in total. The summed E-state index contributed by atoms with van der Waals surface area (Å²) in [6.07, 6.45) is 4.89.